The Hall–Kier alpha value is -2.59. The van der Waals surface area contributed by atoms with Gasteiger partial charge in [0, 0.05) is 12.0 Å². The maximum Gasteiger partial charge on any atom is 0.251 e. The number of rotatable bonds is 5. The van der Waals surface area contributed by atoms with Crippen LogP contribution in [0.1, 0.15) is 34.5 Å². The zero-order valence-corrected chi connectivity index (χ0v) is 13.7. The number of carbonyl (C=O) groups excluding carboxylic acids is 1. The van der Waals surface area contributed by atoms with Gasteiger partial charge in [0.25, 0.3) is 5.91 Å². The molecule has 0 spiro atoms. The van der Waals surface area contributed by atoms with Gasteiger partial charge < -0.3 is 15.2 Å². The van der Waals surface area contributed by atoms with Crippen molar-refractivity contribution in [2.24, 2.45) is 0 Å². The van der Waals surface area contributed by atoms with Crippen molar-refractivity contribution in [1.29, 1.82) is 0 Å². The molecule has 0 saturated heterocycles. The number of hydrogen-bond acceptors (Lipinski definition) is 3. The van der Waals surface area contributed by atoms with Gasteiger partial charge in [-0.15, -0.1) is 0 Å². The summed E-state index contributed by atoms with van der Waals surface area (Å²) in [5.41, 5.74) is 3.48. The normalized spacial score (nSPS) is 18.8. The minimum Gasteiger partial charge on any atom is -0.489 e. The zero-order chi connectivity index (χ0) is 17.1. The van der Waals surface area contributed by atoms with Gasteiger partial charge in [0.2, 0.25) is 0 Å². The minimum absolute atomic E-state index is 0.225. The standard InChI is InChI=1S/C20H21NO3/c1-13(2)12-24-16-8-5-7-15(10-16)20(23)21-19-17-9-4-3-6-14(17)11-18(19)22/h3-10,18-19,22H,1,11-12H2,2H3,(H,21,23). The van der Waals surface area contributed by atoms with Crippen LogP contribution in [0.25, 0.3) is 0 Å². The fraction of sp³-hybridized carbons (Fsp3) is 0.250. The van der Waals surface area contributed by atoms with Gasteiger partial charge in [0.1, 0.15) is 12.4 Å². The first-order valence-corrected chi connectivity index (χ1v) is 7.98. The fourth-order valence-corrected chi connectivity index (χ4v) is 2.91. The minimum atomic E-state index is -0.603. The number of nitrogens with one attached hydrogen (secondary N) is 1. The molecule has 2 aromatic carbocycles. The summed E-state index contributed by atoms with van der Waals surface area (Å²) >= 11 is 0. The number of carbonyl (C=O) groups is 1. The van der Waals surface area contributed by atoms with Crippen molar-refractivity contribution in [2.45, 2.75) is 25.5 Å². The Bertz CT molecular complexity index is 769. The number of ether oxygens (including phenoxy) is 1. The maximum absolute atomic E-state index is 12.6. The molecule has 2 atom stereocenters. The average molecular weight is 323 g/mol. The van der Waals surface area contributed by atoms with Crippen LogP contribution in [0.5, 0.6) is 5.75 Å². The molecule has 1 aliphatic rings. The molecule has 0 aliphatic heterocycles. The average Bonchev–Trinajstić information content (AvgIpc) is 2.89. The Labute approximate surface area is 141 Å². The smallest absolute Gasteiger partial charge is 0.251 e. The molecule has 1 aliphatic carbocycles. The summed E-state index contributed by atoms with van der Waals surface area (Å²) in [6.07, 6.45) is -0.0442. The van der Waals surface area contributed by atoms with Gasteiger partial charge in [-0.3, -0.25) is 4.79 Å². The third-order valence-electron chi connectivity index (χ3n) is 4.07. The zero-order valence-electron chi connectivity index (χ0n) is 13.7. The lowest BCUT2D eigenvalue weighted by atomic mass is 10.1. The molecule has 0 bridgehead atoms. The summed E-state index contributed by atoms with van der Waals surface area (Å²) < 4.78 is 5.58. The van der Waals surface area contributed by atoms with E-state index in [4.69, 9.17) is 4.74 Å². The Morgan fingerprint density at radius 3 is 2.88 bits per heavy atom. The van der Waals surface area contributed by atoms with Crippen LogP contribution in [0.4, 0.5) is 0 Å². The second-order valence-electron chi connectivity index (χ2n) is 6.20. The van der Waals surface area contributed by atoms with Crippen LogP contribution < -0.4 is 10.1 Å². The highest BCUT2D eigenvalue weighted by Gasteiger charge is 2.32. The molecule has 124 valence electrons. The van der Waals surface area contributed by atoms with E-state index in [2.05, 4.69) is 11.9 Å². The summed E-state index contributed by atoms with van der Waals surface area (Å²) in [6.45, 7) is 6.09. The third kappa shape index (κ3) is 3.49. The van der Waals surface area contributed by atoms with E-state index in [1.54, 1.807) is 24.3 Å². The molecule has 0 radical (unpaired) electrons. The number of benzene rings is 2. The highest BCUT2D eigenvalue weighted by Crippen LogP contribution is 2.31. The van der Waals surface area contributed by atoms with Crippen LogP contribution in [0.15, 0.2) is 60.7 Å². The molecule has 0 fully saturated rings. The van der Waals surface area contributed by atoms with Crippen LogP contribution in [-0.4, -0.2) is 23.7 Å². The Kier molecular flexibility index (Phi) is 4.67. The van der Waals surface area contributed by atoms with Crippen LogP contribution in [-0.2, 0) is 6.42 Å². The van der Waals surface area contributed by atoms with Crippen molar-refractivity contribution in [3.05, 3.63) is 77.4 Å². The van der Waals surface area contributed by atoms with Gasteiger partial charge in [-0.2, -0.15) is 0 Å². The fourth-order valence-electron chi connectivity index (χ4n) is 2.91. The van der Waals surface area contributed by atoms with Crippen molar-refractivity contribution >= 4 is 5.91 Å². The summed E-state index contributed by atoms with van der Waals surface area (Å²) in [5.74, 6) is 0.398. The van der Waals surface area contributed by atoms with E-state index in [1.807, 2.05) is 31.2 Å². The second-order valence-corrected chi connectivity index (χ2v) is 6.20. The Morgan fingerprint density at radius 1 is 1.29 bits per heavy atom. The van der Waals surface area contributed by atoms with E-state index in [0.717, 1.165) is 16.7 Å². The van der Waals surface area contributed by atoms with Crippen molar-refractivity contribution < 1.29 is 14.6 Å². The van der Waals surface area contributed by atoms with Crippen LogP contribution in [0, 0.1) is 0 Å². The molecular formula is C20H21NO3. The van der Waals surface area contributed by atoms with Gasteiger partial charge >= 0.3 is 0 Å². The van der Waals surface area contributed by atoms with Gasteiger partial charge in [0.05, 0.1) is 12.1 Å². The van der Waals surface area contributed by atoms with Crippen molar-refractivity contribution in [3.8, 4) is 5.75 Å². The van der Waals surface area contributed by atoms with E-state index >= 15 is 0 Å². The topological polar surface area (TPSA) is 58.6 Å². The summed E-state index contributed by atoms with van der Waals surface area (Å²) in [7, 11) is 0. The maximum atomic E-state index is 12.6. The molecule has 0 aromatic heterocycles. The number of amides is 1. The van der Waals surface area contributed by atoms with E-state index in [-0.39, 0.29) is 11.9 Å². The van der Waals surface area contributed by atoms with Gasteiger partial charge in [-0.1, -0.05) is 36.9 Å². The molecule has 2 N–H and O–H groups in total. The van der Waals surface area contributed by atoms with Crippen molar-refractivity contribution in [1.82, 2.24) is 5.32 Å². The summed E-state index contributed by atoms with van der Waals surface area (Å²) in [5, 5.41) is 13.2. The highest BCUT2D eigenvalue weighted by atomic mass is 16.5. The molecule has 1 amide bonds. The molecule has 4 nitrogen and oxygen atoms in total. The predicted octanol–water partition coefficient (Wildman–Crippen LogP) is 3.03. The number of hydrogen-bond donors (Lipinski definition) is 2. The molecule has 0 saturated carbocycles. The Balaban J connectivity index is 1.73. The molecule has 24 heavy (non-hydrogen) atoms. The first kappa shape index (κ1) is 16.3. The number of aliphatic hydroxyl groups is 1. The van der Waals surface area contributed by atoms with Gasteiger partial charge in [-0.05, 0) is 41.8 Å². The first-order chi connectivity index (χ1) is 11.5. The molecule has 2 unspecified atom stereocenters. The highest BCUT2D eigenvalue weighted by molar-refractivity contribution is 5.95. The first-order valence-electron chi connectivity index (χ1n) is 7.98. The quantitative estimate of drug-likeness (QED) is 0.832. The van der Waals surface area contributed by atoms with Crippen LogP contribution in [0.3, 0.4) is 0 Å². The SMILES string of the molecule is C=C(C)COc1cccc(C(=O)NC2c3ccccc3CC2O)c1. The van der Waals surface area contributed by atoms with E-state index in [9.17, 15) is 9.90 Å². The molecule has 3 rings (SSSR count). The molecule has 4 heteroatoms. The van der Waals surface area contributed by atoms with Crippen LogP contribution >= 0.6 is 0 Å². The lowest BCUT2D eigenvalue weighted by molar-refractivity contribution is 0.0858. The monoisotopic (exact) mass is 323 g/mol. The van der Waals surface area contributed by atoms with E-state index < -0.39 is 6.10 Å². The second kappa shape index (κ2) is 6.89. The molecular weight excluding hydrogens is 302 g/mol. The predicted molar refractivity (Wildman–Crippen MR) is 93.1 cm³/mol. The van der Waals surface area contributed by atoms with Gasteiger partial charge in [-0.25, -0.2) is 0 Å². The number of aliphatic hydroxyl groups excluding tert-OH is 1. The van der Waals surface area contributed by atoms with Crippen molar-refractivity contribution in [2.75, 3.05) is 6.61 Å². The largest absolute Gasteiger partial charge is 0.489 e. The van der Waals surface area contributed by atoms with Gasteiger partial charge in [0.15, 0.2) is 0 Å². The summed E-state index contributed by atoms with van der Waals surface area (Å²) in [6, 6.07) is 14.4. The third-order valence-corrected chi connectivity index (χ3v) is 4.07. The van der Waals surface area contributed by atoms with E-state index in [1.165, 1.54) is 0 Å². The molecule has 0 heterocycles. The Morgan fingerprint density at radius 2 is 2.08 bits per heavy atom. The van der Waals surface area contributed by atoms with Crippen molar-refractivity contribution in [3.63, 3.8) is 0 Å². The lowest BCUT2D eigenvalue weighted by Gasteiger charge is -2.18. The summed E-state index contributed by atoms with van der Waals surface area (Å²) in [4.78, 5) is 12.6. The van der Waals surface area contributed by atoms with Crippen LogP contribution in [0.2, 0.25) is 0 Å². The number of fused-ring (bicyclic) bond motifs is 1. The molecule has 2 aromatic rings. The van der Waals surface area contributed by atoms with E-state index in [0.29, 0.717) is 24.3 Å². The lowest BCUT2D eigenvalue weighted by Crippen LogP contribution is -2.33.